The predicted molar refractivity (Wildman–Crippen MR) is 70.0 cm³/mol. The Labute approximate surface area is 114 Å². The maximum absolute atomic E-state index is 11.9. The molecule has 2 atom stereocenters. The monoisotopic (exact) mass is 309 g/mol. The second-order valence-electron chi connectivity index (χ2n) is 4.03. The number of hydrogen-bond acceptors (Lipinski definition) is 5. The van der Waals surface area contributed by atoms with Crippen LogP contribution in [-0.4, -0.2) is 45.1 Å². The van der Waals surface area contributed by atoms with Crippen LogP contribution in [0.1, 0.15) is 9.67 Å². The van der Waals surface area contributed by atoms with Crippen LogP contribution in [-0.2, 0) is 14.6 Å². The summed E-state index contributed by atoms with van der Waals surface area (Å²) in [5.41, 5.74) is 0. The second-order valence-corrected chi connectivity index (χ2v) is 7.51. The van der Waals surface area contributed by atoms with Crippen LogP contribution in [0.2, 0.25) is 5.02 Å². The first-order chi connectivity index (χ1) is 8.43. The number of ether oxygens (including phenoxy) is 1. The van der Waals surface area contributed by atoms with Gasteiger partial charge in [-0.2, -0.15) is 0 Å². The largest absolute Gasteiger partial charge is 0.378 e. The zero-order chi connectivity index (χ0) is 13.3. The van der Waals surface area contributed by atoms with Gasteiger partial charge < -0.3 is 10.1 Å². The van der Waals surface area contributed by atoms with Gasteiger partial charge >= 0.3 is 0 Å². The number of carbonyl (C=O) groups is 1. The minimum absolute atomic E-state index is 0.0629. The molecule has 0 spiro atoms. The Balaban J connectivity index is 2.10. The van der Waals surface area contributed by atoms with E-state index in [2.05, 4.69) is 5.32 Å². The van der Waals surface area contributed by atoms with Crippen molar-refractivity contribution in [1.29, 1.82) is 0 Å². The second kappa shape index (κ2) is 5.16. The Morgan fingerprint density at radius 1 is 1.56 bits per heavy atom. The summed E-state index contributed by atoms with van der Waals surface area (Å²) in [4.78, 5) is 12.3. The van der Waals surface area contributed by atoms with Crippen molar-refractivity contribution >= 4 is 38.7 Å². The first-order valence-corrected chi connectivity index (χ1v) is 8.28. The summed E-state index contributed by atoms with van der Waals surface area (Å²) in [5.74, 6) is -0.522. The van der Waals surface area contributed by atoms with E-state index < -0.39 is 22.0 Å². The molecule has 1 aromatic heterocycles. The van der Waals surface area contributed by atoms with Crippen LogP contribution in [0.4, 0.5) is 0 Å². The fourth-order valence-corrected chi connectivity index (χ4v) is 4.77. The van der Waals surface area contributed by atoms with E-state index in [0.717, 1.165) is 0 Å². The number of thiophene rings is 1. The van der Waals surface area contributed by atoms with E-state index in [0.29, 0.717) is 9.90 Å². The molecule has 0 aliphatic carbocycles. The summed E-state index contributed by atoms with van der Waals surface area (Å²) in [7, 11) is -1.72. The van der Waals surface area contributed by atoms with Gasteiger partial charge in [0.15, 0.2) is 9.84 Å². The number of methoxy groups -OCH3 is 1. The van der Waals surface area contributed by atoms with E-state index >= 15 is 0 Å². The number of sulfone groups is 1. The molecule has 1 saturated heterocycles. The SMILES string of the molecule is CO[C@@H]1CS(=O)(=O)C[C@H]1NC(=O)c1sccc1Cl. The van der Waals surface area contributed by atoms with Crippen LogP contribution in [0.5, 0.6) is 0 Å². The van der Waals surface area contributed by atoms with Crippen molar-refractivity contribution in [2.24, 2.45) is 0 Å². The molecule has 0 saturated carbocycles. The topological polar surface area (TPSA) is 72.5 Å². The van der Waals surface area contributed by atoms with Gasteiger partial charge in [0, 0.05) is 7.11 Å². The van der Waals surface area contributed by atoms with Gasteiger partial charge in [-0.3, -0.25) is 4.79 Å². The van der Waals surface area contributed by atoms with Crippen LogP contribution < -0.4 is 5.32 Å². The maximum Gasteiger partial charge on any atom is 0.263 e. The number of hydrogen-bond donors (Lipinski definition) is 1. The van der Waals surface area contributed by atoms with Crippen LogP contribution >= 0.6 is 22.9 Å². The first-order valence-electron chi connectivity index (χ1n) is 5.20. The lowest BCUT2D eigenvalue weighted by Crippen LogP contribution is -2.43. The van der Waals surface area contributed by atoms with Crippen molar-refractivity contribution in [2.75, 3.05) is 18.6 Å². The lowest BCUT2D eigenvalue weighted by molar-refractivity contribution is 0.0789. The third-order valence-corrected chi connectivity index (χ3v) is 5.79. The lowest BCUT2D eigenvalue weighted by Gasteiger charge is -2.17. The van der Waals surface area contributed by atoms with Gasteiger partial charge in [-0.25, -0.2) is 8.42 Å². The fraction of sp³-hybridized carbons (Fsp3) is 0.500. The Hall–Kier alpha value is -0.630. The molecule has 0 unspecified atom stereocenters. The van der Waals surface area contributed by atoms with E-state index in [9.17, 15) is 13.2 Å². The van der Waals surface area contributed by atoms with Crippen LogP contribution in [0.15, 0.2) is 11.4 Å². The summed E-state index contributed by atoms with van der Waals surface area (Å²) in [6.45, 7) is 0. The van der Waals surface area contributed by atoms with Gasteiger partial charge in [0.25, 0.3) is 5.91 Å². The van der Waals surface area contributed by atoms with Gasteiger partial charge in [-0.1, -0.05) is 11.6 Å². The molecule has 1 N–H and O–H groups in total. The minimum Gasteiger partial charge on any atom is -0.378 e. The molecule has 1 aliphatic rings. The van der Waals surface area contributed by atoms with E-state index in [4.69, 9.17) is 16.3 Å². The van der Waals surface area contributed by atoms with Gasteiger partial charge in [0.2, 0.25) is 0 Å². The molecule has 100 valence electrons. The Bertz CT molecular complexity index is 554. The molecule has 2 rings (SSSR count). The summed E-state index contributed by atoms with van der Waals surface area (Å²) in [6, 6.07) is 1.10. The number of amides is 1. The molecule has 8 heteroatoms. The lowest BCUT2D eigenvalue weighted by atomic mass is 10.2. The molecule has 2 heterocycles. The molecular weight excluding hydrogens is 298 g/mol. The summed E-state index contributed by atoms with van der Waals surface area (Å²) in [5, 5.41) is 4.73. The highest BCUT2D eigenvalue weighted by atomic mass is 35.5. The van der Waals surface area contributed by atoms with Gasteiger partial charge in [-0.05, 0) is 11.4 Å². The van der Waals surface area contributed by atoms with Crippen LogP contribution in [0.25, 0.3) is 0 Å². The maximum atomic E-state index is 11.9. The standard InChI is InChI=1S/C10H12ClNO4S2/c1-16-8-5-18(14,15)4-7(8)12-10(13)9-6(11)2-3-17-9/h2-3,7-8H,4-5H2,1H3,(H,12,13)/t7-,8-/m1/s1. The minimum atomic E-state index is -3.15. The zero-order valence-corrected chi connectivity index (χ0v) is 11.9. The number of halogens is 1. The molecule has 1 aliphatic heterocycles. The summed E-state index contributed by atoms with van der Waals surface area (Å²) >= 11 is 7.06. The van der Waals surface area contributed by atoms with Gasteiger partial charge in [0.05, 0.1) is 28.7 Å². The highest BCUT2D eigenvalue weighted by molar-refractivity contribution is 7.91. The molecule has 0 aromatic carbocycles. The quantitative estimate of drug-likeness (QED) is 0.902. The van der Waals surface area contributed by atoms with E-state index in [1.807, 2.05) is 0 Å². The van der Waals surface area contributed by atoms with E-state index in [-0.39, 0.29) is 17.4 Å². The van der Waals surface area contributed by atoms with Crippen molar-refractivity contribution in [1.82, 2.24) is 5.32 Å². The smallest absolute Gasteiger partial charge is 0.263 e. The third-order valence-electron chi connectivity index (χ3n) is 2.74. The number of nitrogens with one attached hydrogen (secondary N) is 1. The fourth-order valence-electron chi connectivity index (χ4n) is 1.87. The molecular formula is C10H12ClNO4S2. The molecule has 18 heavy (non-hydrogen) atoms. The molecule has 1 fully saturated rings. The number of rotatable bonds is 3. The van der Waals surface area contributed by atoms with Crippen LogP contribution in [0.3, 0.4) is 0 Å². The van der Waals surface area contributed by atoms with Crippen molar-refractivity contribution in [2.45, 2.75) is 12.1 Å². The van der Waals surface area contributed by atoms with Crippen LogP contribution in [0, 0.1) is 0 Å². The molecule has 5 nitrogen and oxygen atoms in total. The average molecular weight is 310 g/mol. The number of carbonyl (C=O) groups excluding carboxylic acids is 1. The molecule has 1 amide bonds. The zero-order valence-electron chi connectivity index (χ0n) is 9.55. The Morgan fingerprint density at radius 2 is 2.28 bits per heavy atom. The van der Waals surface area contributed by atoms with Crippen molar-refractivity contribution in [3.8, 4) is 0 Å². The Morgan fingerprint density at radius 3 is 2.83 bits per heavy atom. The average Bonchev–Trinajstić information content (AvgIpc) is 2.82. The predicted octanol–water partition coefficient (Wildman–Crippen LogP) is 0.943. The Kier molecular flexibility index (Phi) is 3.96. The van der Waals surface area contributed by atoms with Crippen molar-refractivity contribution < 1.29 is 17.9 Å². The third kappa shape index (κ3) is 2.85. The van der Waals surface area contributed by atoms with Crippen molar-refractivity contribution in [3.05, 3.63) is 21.3 Å². The summed E-state index contributed by atoms with van der Waals surface area (Å²) < 4.78 is 28.1. The highest BCUT2D eigenvalue weighted by Gasteiger charge is 2.39. The first kappa shape index (κ1) is 13.8. The van der Waals surface area contributed by atoms with E-state index in [1.165, 1.54) is 18.4 Å². The van der Waals surface area contributed by atoms with Gasteiger partial charge in [-0.15, -0.1) is 11.3 Å². The normalized spacial score (nSPS) is 26.1. The molecule has 1 aromatic rings. The highest BCUT2D eigenvalue weighted by Crippen LogP contribution is 2.23. The molecule has 0 bridgehead atoms. The summed E-state index contributed by atoms with van der Waals surface area (Å²) in [6.07, 6.45) is -0.502. The molecule has 0 radical (unpaired) electrons. The van der Waals surface area contributed by atoms with E-state index in [1.54, 1.807) is 11.4 Å². The van der Waals surface area contributed by atoms with Crippen molar-refractivity contribution in [3.63, 3.8) is 0 Å². The van der Waals surface area contributed by atoms with Gasteiger partial charge in [0.1, 0.15) is 4.88 Å².